The summed E-state index contributed by atoms with van der Waals surface area (Å²) in [6, 6.07) is 6.24. The Labute approximate surface area is 80.3 Å². The molecule has 5 heteroatoms. The van der Waals surface area contributed by atoms with Crippen molar-refractivity contribution in [1.82, 2.24) is 0 Å². The van der Waals surface area contributed by atoms with Crippen molar-refractivity contribution < 1.29 is 13.2 Å². The molecule has 1 aromatic rings. The molecule has 0 heterocycles. The molecule has 0 spiro atoms. The van der Waals surface area contributed by atoms with Crippen molar-refractivity contribution in [3.63, 3.8) is 0 Å². The van der Waals surface area contributed by atoms with E-state index in [4.69, 9.17) is 0 Å². The third-order valence-corrected chi connectivity index (χ3v) is 2.82. The molecule has 12 heavy (non-hydrogen) atoms. The van der Waals surface area contributed by atoms with E-state index in [-0.39, 0.29) is 16.7 Å². The molecule has 0 radical (unpaired) electrons. The first-order valence-corrected chi connectivity index (χ1v) is 4.60. The molecule has 0 aromatic heterocycles. The van der Waals surface area contributed by atoms with Gasteiger partial charge in [-0.2, -0.15) is 13.2 Å². The summed E-state index contributed by atoms with van der Waals surface area (Å²) in [5, 5.41) is 0. The third-order valence-electron chi connectivity index (χ3n) is 1.06. The Kier molecular flexibility index (Phi) is 3.06. The fraction of sp³-hybridized carbons (Fsp3) is 0.143. The van der Waals surface area contributed by atoms with Gasteiger partial charge in [0.05, 0.1) is 0 Å². The second-order valence-electron chi connectivity index (χ2n) is 1.98. The van der Waals surface area contributed by atoms with Crippen molar-refractivity contribution in [3.05, 3.63) is 28.7 Å². The topological polar surface area (TPSA) is 0 Å². The van der Waals surface area contributed by atoms with Gasteiger partial charge in [0.2, 0.25) is 0 Å². The Bertz CT molecular complexity index is 272. The molecule has 0 saturated carbocycles. The van der Waals surface area contributed by atoms with Gasteiger partial charge in [-0.3, -0.25) is 0 Å². The van der Waals surface area contributed by atoms with Gasteiger partial charge in [-0.25, -0.2) is 0 Å². The Morgan fingerprint density at radius 2 is 1.75 bits per heavy atom. The number of hydrogen-bond donors (Lipinski definition) is 0. The summed E-state index contributed by atoms with van der Waals surface area (Å²) in [4.78, 5) is 0.185. The van der Waals surface area contributed by atoms with Crippen LogP contribution in [0.15, 0.2) is 33.6 Å². The fourth-order valence-electron chi connectivity index (χ4n) is 0.652. The van der Waals surface area contributed by atoms with Crippen LogP contribution in [0.5, 0.6) is 0 Å². The summed E-state index contributed by atoms with van der Waals surface area (Å²) < 4.78 is 36.1. The monoisotopic (exact) mass is 256 g/mol. The van der Waals surface area contributed by atoms with E-state index in [9.17, 15) is 13.2 Å². The average molecular weight is 257 g/mol. The lowest BCUT2D eigenvalue weighted by Crippen LogP contribution is -1.99. The minimum atomic E-state index is -4.22. The molecular weight excluding hydrogens is 253 g/mol. The van der Waals surface area contributed by atoms with Gasteiger partial charge in [0.1, 0.15) is 0 Å². The van der Waals surface area contributed by atoms with Crippen molar-refractivity contribution in [2.24, 2.45) is 0 Å². The van der Waals surface area contributed by atoms with E-state index in [0.717, 1.165) is 0 Å². The normalized spacial score (nSPS) is 11.7. The highest BCUT2D eigenvalue weighted by atomic mass is 79.9. The SMILES string of the molecule is FC(F)(F)Sc1ccccc1Br. The molecule has 0 nitrogen and oxygen atoms in total. The molecular formula is C7H4BrF3S. The highest BCUT2D eigenvalue weighted by Crippen LogP contribution is 2.39. The molecule has 0 aliphatic rings. The van der Waals surface area contributed by atoms with Crippen molar-refractivity contribution in [1.29, 1.82) is 0 Å². The first-order chi connectivity index (χ1) is 5.49. The molecule has 0 amide bonds. The van der Waals surface area contributed by atoms with Gasteiger partial charge in [-0.15, -0.1) is 0 Å². The zero-order valence-electron chi connectivity index (χ0n) is 5.73. The fourth-order valence-corrected chi connectivity index (χ4v) is 1.74. The van der Waals surface area contributed by atoms with Crippen molar-refractivity contribution in [3.8, 4) is 0 Å². The molecule has 0 aliphatic carbocycles. The number of hydrogen-bond acceptors (Lipinski definition) is 1. The summed E-state index contributed by atoms with van der Waals surface area (Å²) in [6.07, 6.45) is 0. The second kappa shape index (κ2) is 3.70. The van der Waals surface area contributed by atoms with Crippen LogP contribution in [0.25, 0.3) is 0 Å². The summed E-state index contributed by atoms with van der Waals surface area (Å²) in [5.74, 6) is 0. The molecule has 0 unspecified atom stereocenters. The van der Waals surface area contributed by atoms with Crippen molar-refractivity contribution in [2.75, 3.05) is 0 Å². The first kappa shape index (κ1) is 9.92. The van der Waals surface area contributed by atoms with Crippen LogP contribution in [0.1, 0.15) is 0 Å². The number of thioether (sulfide) groups is 1. The van der Waals surface area contributed by atoms with Crippen LogP contribution in [0.2, 0.25) is 0 Å². The van der Waals surface area contributed by atoms with Crippen LogP contribution in [0.3, 0.4) is 0 Å². The molecule has 1 aromatic carbocycles. The van der Waals surface area contributed by atoms with Crippen molar-refractivity contribution >= 4 is 27.7 Å². The van der Waals surface area contributed by atoms with Gasteiger partial charge in [0, 0.05) is 9.37 Å². The van der Waals surface area contributed by atoms with Crippen LogP contribution < -0.4 is 0 Å². The van der Waals surface area contributed by atoms with Gasteiger partial charge in [0.15, 0.2) is 0 Å². The zero-order valence-corrected chi connectivity index (χ0v) is 8.13. The maximum absolute atomic E-state index is 11.9. The minimum absolute atomic E-state index is 0.120. The minimum Gasteiger partial charge on any atom is -0.160 e. The van der Waals surface area contributed by atoms with Gasteiger partial charge in [0.25, 0.3) is 0 Å². The van der Waals surface area contributed by atoms with Crippen LogP contribution in [-0.2, 0) is 0 Å². The molecule has 0 atom stereocenters. The Balaban J connectivity index is 2.83. The van der Waals surface area contributed by atoms with E-state index in [1.165, 1.54) is 6.07 Å². The third kappa shape index (κ3) is 3.06. The number of halogens is 4. The number of benzene rings is 1. The van der Waals surface area contributed by atoms with E-state index in [0.29, 0.717) is 4.47 Å². The first-order valence-electron chi connectivity index (χ1n) is 2.99. The summed E-state index contributed by atoms with van der Waals surface area (Å²) in [7, 11) is 0. The second-order valence-corrected chi connectivity index (χ2v) is 3.94. The van der Waals surface area contributed by atoms with Gasteiger partial charge >= 0.3 is 5.51 Å². The average Bonchev–Trinajstić information content (AvgIpc) is 1.91. The van der Waals surface area contributed by atoms with E-state index >= 15 is 0 Å². The standard InChI is InChI=1S/C7H4BrF3S/c8-5-3-1-2-4-6(5)12-7(9,10)11/h1-4H. The van der Waals surface area contributed by atoms with E-state index in [1.54, 1.807) is 18.2 Å². The maximum Gasteiger partial charge on any atom is 0.446 e. The summed E-state index contributed by atoms with van der Waals surface area (Å²) in [5.41, 5.74) is -4.22. The van der Waals surface area contributed by atoms with Crippen molar-refractivity contribution in [2.45, 2.75) is 10.4 Å². The Hall–Kier alpha value is -0.160. The highest BCUT2D eigenvalue weighted by molar-refractivity contribution is 9.10. The lowest BCUT2D eigenvalue weighted by Gasteiger charge is -2.06. The molecule has 1 rings (SSSR count). The molecule has 0 bridgehead atoms. The van der Waals surface area contributed by atoms with Gasteiger partial charge in [-0.1, -0.05) is 12.1 Å². The number of alkyl halides is 3. The highest BCUT2D eigenvalue weighted by Gasteiger charge is 2.29. The van der Waals surface area contributed by atoms with E-state index in [1.807, 2.05) is 0 Å². The quantitative estimate of drug-likeness (QED) is 0.683. The summed E-state index contributed by atoms with van der Waals surface area (Å²) in [6.45, 7) is 0. The largest absolute Gasteiger partial charge is 0.446 e. The van der Waals surface area contributed by atoms with Crippen LogP contribution in [-0.4, -0.2) is 5.51 Å². The van der Waals surface area contributed by atoms with E-state index in [2.05, 4.69) is 15.9 Å². The molecule has 0 aliphatic heterocycles. The summed E-state index contributed by atoms with van der Waals surface area (Å²) >= 11 is 2.91. The zero-order chi connectivity index (χ0) is 9.19. The van der Waals surface area contributed by atoms with E-state index < -0.39 is 5.51 Å². The lowest BCUT2D eigenvalue weighted by molar-refractivity contribution is -0.0328. The molecule has 66 valence electrons. The molecule has 0 fully saturated rings. The predicted molar refractivity (Wildman–Crippen MR) is 46.1 cm³/mol. The van der Waals surface area contributed by atoms with Crippen LogP contribution in [0.4, 0.5) is 13.2 Å². The van der Waals surface area contributed by atoms with Gasteiger partial charge < -0.3 is 0 Å². The molecule has 0 N–H and O–H groups in total. The Morgan fingerprint density at radius 3 is 2.25 bits per heavy atom. The lowest BCUT2D eigenvalue weighted by atomic mass is 10.4. The van der Waals surface area contributed by atoms with Gasteiger partial charge in [-0.05, 0) is 39.8 Å². The smallest absolute Gasteiger partial charge is 0.160 e. The Morgan fingerprint density at radius 1 is 1.17 bits per heavy atom. The number of rotatable bonds is 1. The predicted octanol–water partition coefficient (Wildman–Crippen LogP) is 4.06. The van der Waals surface area contributed by atoms with Crippen LogP contribution in [0, 0.1) is 0 Å². The maximum atomic E-state index is 11.9. The molecule has 0 saturated heterocycles. The van der Waals surface area contributed by atoms with Crippen LogP contribution >= 0.6 is 27.7 Å².